The number of carbonyl (C=O) groups is 1. The van der Waals surface area contributed by atoms with E-state index in [9.17, 15) is 4.79 Å². The molecular formula is C16H22ClN3O. The molecule has 0 aliphatic carbocycles. The minimum absolute atomic E-state index is 0.216. The second-order valence-electron chi connectivity index (χ2n) is 5.76. The molecule has 0 saturated carbocycles. The van der Waals surface area contributed by atoms with Crippen LogP contribution in [0.3, 0.4) is 0 Å². The van der Waals surface area contributed by atoms with Crippen LogP contribution < -0.4 is 4.90 Å². The Labute approximate surface area is 131 Å². The molecule has 2 heterocycles. The summed E-state index contributed by atoms with van der Waals surface area (Å²) < 4.78 is 0. The molecule has 2 saturated heterocycles. The normalized spacial score (nSPS) is 19.8. The zero-order chi connectivity index (χ0) is 14.7. The van der Waals surface area contributed by atoms with E-state index in [0.29, 0.717) is 0 Å². The molecule has 0 radical (unpaired) electrons. The minimum atomic E-state index is 0.216. The van der Waals surface area contributed by atoms with Crippen LogP contribution in [0.15, 0.2) is 24.3 Å². The van der Waals surface area contributed by atoms with E-state index < -0.39 is 0 Å². The van der Waals surface area contributed by atoms with E-state index >= 15 is 0 Å². The van der Waals surface area contributed by atoms with Crippen molar-refractivity contribution in [3.05, 3.63) is 29.3 Å². The number of hydrogen-bond acceptors (Lipinski definition) is 2. The van der Waals surface area contributed by atoms with Crippen LogP contribution in [0.4, 0.5) is 10.5 Å². The molecule has 2 aliphatic heterocycles. The van der Waals surface area contributed by atoms with E-state index in [4.69, 9.17) is 11.6 Å². The first kappa shape index (κ1) is 14.5. The SMILES string of the molecule is O=C(N1CCCCC1)N1CCN(c2ccccc2Cl)CC1. The average Bonchev–Trinajstić information content (AvgIpc) is 2.56. The van der Waals surface area contributed by atoms with Gasteiger partial charge in [-0.05, 0) is 31.4 Å². The molecule has 0 atom stereocenters. The van der Waals surface area contributed by atoms with Gasteiger partial charge >= 0.3 is 6.03 Å². The summed E-state index contributed by atoms with van der Waals surface area (Å²) in [7, 11) is 0. The molecule has 0 N–H and O–H groups in total. The Morgan fingerprint density at radius 2 is 1.48 bits per heavy atom. The molecule has 0 aromatic heterocycles. The molecule has 4 nitrogen and oxygen atoms in total. The Morgan fingerprint density at radius 1 is 0.857 bits per heavy atom. The number of halogens is 1. The van der Waals surface area contributed by atoms with E-state index in [-0.39, 0.29) is 6.03 Å². The van der Waals surface area contributed by atoms with Crippen molar-refractivity contribution in [3.8, 4) is 0 Å². The van der Waals surface area contributed by atoms with Crippen LogP contribution >= 0.6 is 11.6 Å². The maximum absolute atomic E-state index is 12.5. The van der Waals surface area contributed by atoms with Crippen LogP contribution in [0.5, 0.6) is 0 Å². The van der Waals surface area contributed by atoms with E-state index in [1.54, 1.807) is 0 Å². The maximum atomic E-state index is 12.5. The van der Waals surface area contributed by atoms with Gasteiger partial charge in [-0.15, -0.1) is 0 Å². The predicted molar refractivity (Wildman–Crippen MR) is 86.1 cm³/mol. The molecule has 0 bridgehead atoms. The van der Waals surface area contributed by atoms with E-state index in [2.05, 4.69) is 4.90 Å². The molecule has 2 amide bonds. The number of piperazine rings is 1. The number of benzene rings is 1. The lowest BCUT2D eigenvalue weighted by molar-refractivity contribution is 0.141. The molecular weight excluding hydrogens is 286 g/mol. The standard InChI is InChI=1S/C16H22ClN3O/c17-14-6-2-3-7-15(14)18-10-12-20(13-11-18)16(21)19-8-4-1-5-9-19/h2-3,6-7H,1,4-5,8-13H2. The highest BCUT2D eigenvalue weighted by atomic mass is 35.5. The van der Waals surface area contributed by atoms with Gasteiger partial charge in [0.2, 0.25) is 0 Å². The number of urea groups is 1. The van der Waals surface area contributed by atoms with Gasteiger partial charge in [0.15, 0.2) is 0 Å². The molecule has 114 valence electrons. The molecule has 21 heavy (non-hydrogen) atoms. The Hall–Kier alpha value is -1.42. The van der Waals surface area contributed by atoms with Crippen LogP contribution in [0.25, 0.3) is 0 Å². The first-order valence-electron chi connectivity index (χ1n) is 7.79. The third-order valence-corrected chi connectivity index (χ3v) is 4.69. The fraction of sp³-hybridized carbons (Fsp3) is 0.562. The molecule has 3 rings (SSSR count). The number of amides is 2. The number of nitrogens with zero attached hydrogens (tertiary/aromatic N) is 3. The van der Waals surface area contributed by atoms with Crippen molar-refractivity contribution in [2.24, 2.45) is 0 Å². The summed E-state index contributed by atoms with van der Waals surface area (Å²) in [6.07, 6.45) is 3.54. The monoisotopic (exact) mass is 307 g/mol. The van der Waals surface area contributed by atoms with Crippen molar-refractivity contribution in [3.63, 3.8) is 0 Å². The molecule has 1 aromatic rings. The number of anilines is 1. The van der Waals surface area contributed by atoms with Gasteiger partial charge in [0.1, 0.15) is 0 Å². The van der Waals surface area contributed by atoms with Gasteiger partial charge in [-0.1, -0.05) is 23.7 Å². The van der Waals surface area contributed by atoms with Gasteiger partial charge in [-0.3, -0.25) is 0 Å². The molecule has 0 unspecified atom stereocenters. The summed E-state index contributed by atoms with van der Waals surface area (Å²) in [6, 6.07) is 8.13. The fourth-order valence-electron chi connectivity index (χ4n) is 3.13. The summed E-state index contributed by atoms with van der Waals surface area (Å²) in [5.74, 6) is 0. The summed E-state index contributed by atoms with van der Waals surface area (Å²) in [5, 5.41) is 0.785. The quantitative estimate of drug-likeness (QED) is 0.797. The lowest BCUT2D eigenvalue weighted by Crippen LogP contribution is -2.53. The second kappa shape index (κ2) is 6.56. The topological polar surface area (TPSA) is 26.8 Å². The Bertz CT molecular complexity index is 494. The van der Waals surface area contributed by atoms with E-state index in [0.717, 1.165) is 62.8 Å². The lowest BCUT2D eigenvalue weighted by Gasteiger charge is -2.39. The predicted octanol–water partition coefficient (Wildman–Crippen LogP) is 3.07. The molecule has 2 fully saturated rings. The third-order valence-electron chi connectivity index (χ3n) is 4.37. The number of para-hydroxylation sites is 1. The van der Waals surface area contributed by atoms with Gasteiger partial charge in [0.05, 0.1) is 10.7 Å². The van der Waals surface area contributed by atoms with Gasteiger partial charge < -0.3 is 14.7 Å². The zero-order valence-corrected chi connectivity index (χ0v) is 13.1. The number of carbonyl (C=O) groups excluding carboxylic acids is 1. The summed E-state index contributed by atoms with van der Waals surface area (Å²) in [4.78, 5) is 18.7. The van der Waals surface area contributed by atoms with Crippen molar-refractivity contribution in [1.29, 1.82) is 0 Å². The maximum Gasteiger partial charge on any atom is 0.320 e. The van der Waals surface area contributed by atoms with Crippen LogP contribution in [0.2, 0.25) is 5.02 Å². The van der Waals surface area contributed by atoms with Crippen molar-refractivity contribution in [2.75, 3.05) is 44.2 Å². The summed E-state index contributed by atoms with van der Waals surface area (Å²) >= 11 is 6.25. The first-order chi connectivity index (χ1) is 10.3. The summed E-state index contributed by atoms with van der Waals surface area (Å²) in [5.41, 5.74) is 1.07. The largest absolute Gasteiger partial charge is 0.367 e. The van der Waals surface area contributed by atoms with Crippen molar-refractivity contribution in [2.45, 2.75) is 19.3 Å². The number of rotatable bonds is 1. The average molecular weight is 308 g/mol. The number of hydrogen-bond donors (Lipinski definition) is 0. The highest BCUT2D eigenvalue weighted by Crippen LogP contribution is 2.26. The van der Waals surface area contributed by atoms with Crippen molar-refractivity contribution < 1.29 is 4.79 Å². The fourth-order valence-corrected chi connectivity index (χ4v) is 3.39. The lowest BCUT2D eigenvalue weighted by atomic mass is 10.1. The summed E-state index contributed by atoms with van der Waals surface area (Å²) in [6.45, 7) is 5.10. The van der Waals surface area contributed by atoms with E-state index in [1.165, 1.54) is 6.42 Å². The van der Waals surface area contributed by atoms with Crippen molar-refractivity contribution >= 4 is 23.3 Å². The van der Waals surface area contributed by atoms with Gasteiger partial charge in [0.25, 0.3) is 0 Å². The highest BCUT2D eigenvalue weighted by Gasteiger charge is 2.26. The van der Waals surface area contributed by atoms with E-state index in [1.807, 2.05) is 34.1 Å². The highest BCUT2D eigenvalue weighted by molar-refractivity contribution is 6.33. The number of likely N-dealkylation sites (tertiary alicyclic amines) is 1. The Morgan fingerprint density at radius 3 is 2.14 bits per heavy atom. The second-order valence-corrected chi connectivity index (χ2v) is 6.16. The Balaban J connectivity index is 1.57. The molecule has 1 aromatic carbocycles. The zero-order valence-electron chi connectivity index (χ0n) is 12.3. The molecule has 2 aliphatic rings. The first-order valence-corrected chi connectivity index (χ1v) is 8.17. The van der Waals surface area contributed by atoms with Crippen molar-refractivity contribution in [1.82, 2.24) is 9.80 Å². The van der Waals surface area contributed by atoms with Crippen LogP contribution in [0, 0.1) is 0 Å². The Kier molecular flexibility index (Phi) is 4.54. The smallest absolute Gasteiger partial charge is 0.320 e. The third kappa shape index (κ3) is 3.26. The molecule has 0 spiro atoms. The van der Waals surface area contributed by atoms with Gasteiger partial charge in [0, 0.05) is 39.3 Å². The van der Waals surface area contributed by atoms with Crippen LogP contribution in [-0.2, 0) is 0 Å². The van der Waals surface area contributed by atoms with Crippen LogP contribution in [0.1, 0.15) is 19.3 Å². The molecule has 5 heteroatoms. The van der Waals surface area contributed by atoms with Gasteiger partial charge in [-0.2, -0.15) is 0 Å². The minimum Gasteiger partial charge on any atom is -0.367 e. The van der Waals surface area contributed by atoms with Gasteiger partial charge in [-0.25, -0.2) is 4.79 Å². The number of piperidine rings is 1. The van der Waals surface area contributed by atoms with Crippen LogP contribution in [-0.4, -0.2) is 55.1 Å².